The maximum Gasteiger partial charge on any atom is 0.328 e. The molecule has 1 aromatic rings. The molecule has 0 aromatic heterocycles. The molecule has 0 aliphatic rings. The molecule has 0 fully saturated rings. The van der Waals surface area contributed by atoms with Crippen molar-refractivity contribution in [3.05, 3.63) is 41.5 Å². The third-order valence-corrected chi connectivity index (χ3v) is 1.95. The van der Waals surface area contributed by atoms with Crippen molar-refractivity contribution in [2.75, 3.05) is 7.11 Å². The van der Waals surface area contributed by atoms with Gasteiger partial charge in [-0.05, 0) is 17.2 Å². The van der Waals surface area contributed by atoms with Crippen LogP contribution < -0.4 is 0 Å². The van der Waals surface area contributed by atoms with E-state index in [2.05, 4.69) is 4.74 Å². The van der Waals surface area contributed by atoms with E-state index in [1.54, 1.807) is 24.3 Å². The minimum atomic E-state index is -1.00. The molecule has 0 spiro atoms. The third-order valence-electron chi connectivity index (χ3n) is 1.95. The van der Waals surface area contributed by atoms with Crippen molar-refractivity contribution in [1.29, 1.82) is 0 Å². The topological polar surface area (TPSA) is 63.6 Å². The SMILES string of the molecule is COC(=O)Cc1cccc(C=CC(=O)O)c1. The van der Waals surface area contributed by atoms with Gasteiger partial charge in [0.15, 0.2) is 0 Å². The fourth-order valence-electron chi connectivity index (χ4n) is 1.21. The van der Waals surface area contributed by atoms with Crippen LogP contribution in [0.5, 0.6) is 0 Å². The predicted octanol–water partition coefficient (Wildman–Crippen LogP) is 1.50. The van der Waals surface area contributed by atoms with Crippen LogP contribution in [0, 0.1) is 0 Å². The van der Waals surface area contributed by atoms with Crippen LogP contribution in [0.15, 0.2) is 30.3 Å². The summed E-state index contributed by atoms with van der Waals surface area (Å²) in [4.78, 5) is 21.3. The zero-order chi connectivity index (χ0) is 12.0. The van der Waals surface area contributed by atoms with Crippen molar-refractivity contribution in [3.63, 3.8) is 0 Å². The monoisotopic (exact) mass is 220 g/mol. The van der Waals surface area contributed by atoms with Gasteiger partial charge in [-0.1, -0.05) is 24.3 Å². The fourth-order valence-corrected chi connectivity index (χ4v) is 1.21. The van der Waals surface area contributed by atoms with Crippen LogP contribution in [0.3, 0.4) is 0 Å². The first-order chi connectivity index (χ1) is 7.61. The van der Waals surface area contributed by atoms with Crippen molar-refractivity contribution < 1.29 is 19.4 Å². The smallest absolute Gasteiger partial charge is 0.328 e. The second-order valence-corrected chi connectivity index (χ2v) is 3.17. The first-order valence-electron chi connectivity index (χ1n) is 4.68. The molecule has 0 saturated carbocycles. The van der Waals surface area contributed by atoms with E-state index in [4.69, 9.17) is 5.11 Å². The van der Waals surface area contributed by atoms with Gasteiger partial charge in [0.1, 0.15) is 0 Å². The van der Waals surface area contributed by atoms with E-state index in [-0.39, 0.29) is 12.4 Å². The number of carbonyl (C=O) groups excluding carboxylic acids is 1. The summed E-state index contributed by atoms with van der Waals surface area (Å²) < 4.78 is 4.54. The summed E-state index contributed by atoms with van der Waals surface area (Å²) in [5, 5.41) is 8.47. The van der Waals surface area contributed by atoms with Gasteiger partial charge in [-0.2, -0.15) is 0 Å². The zero-order valence-electron chi connectivity index (χ0n) is 8.84. The van der Waals surface area contributed by atoms with Crippen LogP contribution >= 0.6 is 0 Å². The number of hydrogen-bond acceptors (Lipinski definition) is 3. The Bertz CT molecular complexity index is 421. The first-order valence-corrected chi connectivity index (χ1v) is 4.68. The van der Waals surface area contributed by atoms with E-state index in [1.807, 2.05) is 0 Å². The molecule has 16 heavy (non-hydrogen) atoms. The number of hydrogen-bond donors (Lipinski definition) is 1. The van der Waals surface area contributed by atoms with Crippen LogP contribution in [0.4, 0.5) is 0 Å². The molecule has 0 aliphatic heterocycles. The zero-order valence-corrected chi connectivity index (χ0v) is 8.84. The number of rotatable bonds is 4. The van der Waals surface area contributed by atoms with Gasteiger partial charge in [0.25, 0.3) is 0 Å². The summed E-state index contributed by atoms with van der Waals surface area (Å²) in [6.07, 6.45) is 2.71. The number of methoxy groups -OCH3 is 1. The van der Waals surface area contributed by atoms with Crippen molar-refractivity contribution >= 4 is 18.0 Å². The highest BCUT2D eigenvalue weighted by molar-refractivity contribution is 5.85. The molecule has 4 nitrogen and oxygen atoms in total. The number of carboxylic acids is 1. The number of esters is 1. The Hall–Kier alpha value is -2.10. The molecule has 4 heteroatoms. The summed E-state index contributed by atoms with van der Waals surface area (Å²) in [6, 6.07) is 7.06. The summed E-state index contributed by atoms with van der Waals surface area (Å²) in [7, 11) is 1.33. The van der Waals surface area contributed by atoms with Crippen molar-refractivity contribution in [3.8, 4) is 0 Å². The van der Waals surface area contributed by atoms with E-state index in [0.717, 1.165) is 17.2 Å². The number of ether oxygens (including phenoxy) is 1. The van der Waals surface area contributed by atoms with Gasteiger partial charge in [-0.3, -0.25) is 4.79 Å². The average molecular weight is 220 g/mol. The fraction of sp³-hybridized carbons (Fsp3) is 0.167. The number of carboxylic acid groups (broad SMARTS) is 1. The molecule has 0 radical (unpaired) electrons. The molecular weight excluding hydrogens is 208 g/mol. The number of aliphatic carboxylic acids is 1. The van der Waals surface area contributed by atoms with Gasteiger partial charge in [0, 0.05) is 6.08 Å². The van der Waals surface area contributed by atoms with Gasteiger partial charge >= 0.3 is 11.9 Å². The molecule has 0 heterocycles. The Morgan fingerprint density at radius 3 is 2.81 bits per heavy atom. The van der Waals surface area contributed by atoms with Crippen molar-refractivity contribution in [2.45, 2.75) is 6.42 Å². The summed E-state index contributed by atoms with van der Waals surface area (Å²) in [5.74, 6) is -1.32. The molecule has 1 aromatic carbocycles. The molecule has 0 unspecified atom stereocenters. The highest BCUT2D eigenvalue weighted by Gasteiger charge is 2.02. The molecule has 0 saturated heterocycles. The molecule has 84 valence electrons. The minimum Gasteiger partial charge on any atom is -0.478 e. The predicted molar refractivity (Wildman–Crippen MR) is 58.8 cm³/mol. The van der Waals surface area contributed by atoms with Crippen LogP contribution in [-0.4, -0.2) is 24.2 Å². The minimum absolute atomic E-state index is 0.186. The molecule has 0 aliphatic carbocycles. The van der Waals surface area contributed by atoms with Gasteiger partial charge in [-0.15, -0.1) is 0 Å². The maximum atomic E-state index is 11.0. The van der Waals surface area contributed by atoms with Crippen LogP contribution in [0.2, 0.25) is 0 Å². The summed E-state index contributed by atoms with van der Waals surface area (Å²) >= 11 is 0. The van der Waals surface area contributed by atoms with Gasteiger partial charge in [0.2, 0.25) is 0 Å². The van der Waals surface area contributed by atoms with E-state index in [1.165, 1.54) is 13.2 Å². The van der Waals surface area contributed by atoms with E-state index in [0.29, 0.717) is 0 Å². The van der Waals surface area contributed by atoms with Crippen LogP contribution in [0.25, 0.3) is 6.08 Å². The Morgan fingerprint density at radius 1 is 1.44 bits per heavy atom. The molecule has 0 atom stereocenters. The van der Waals surface area contributed by atoms with Crippen molar-refractivity contribution in [2.24, 2.45) is 0 Å². The third kappa shape index (κ3) is 3.96. The number of carbonyl (C=O) groups is 2. The Balaban J connectivity index is 2.78. The lowest BCUT2D eigenvalue weighted by molar-refractivity contribution is -0.139. The highest BCUT2D eigenvalue weighted by Crippen LogP contribution is 2.08. The molecule has 0 amide bonds. The lowest BCUT2D eigenvalue weighted by Crippen LogP contribution is -2.04. The molecule has 1 rings (SSSR count). The Labute approximate surface area is 93.2 Å². The summed E-state index contributed by atoms with van der Waals surface area (Å²) in [5.41, 5.74) is 1.53. The Morgan fingerprint density at radius 2 is 2.19 bits per heavy atom. The largest absolute Gasteiger partial charge is 0.478 e. The lowest BCUT2D eigenvalue weighted by Gasteiger charge is -2.01. The lowest BCUT2D eigenvalue weighted by atomic mass is 10.1. The second kappa shape index (κ2) is 5.70. The normalized spacial score (nSPS) is 10.3. The molecule has 0 bridgehead atoms. The number of benzene rings is 1. The Kier molecular flexibility index (Phi) is 4.27. The molecular formula is C12H12O4. The van der Waals surface area contributed by atoms with E-state index >= 15 is 0 Å². The van der Waals surface area contributed by atoms with Gasteiger partial charge in [0.05, 0.1) is 13.5 Å². The van der Waals surface area contributed by atoms with E-state index in [9.17, 15) is 9.59 Å². The van der Waals surface area contributed by atoms with Crippen LogP contribution in [0.1, 0.15) is 11.1 Å². The molecule has 1 N–H and O–H groups in total. The van der Waals surface area contributed by atoms with E-state index < -0.39 is 5.97 Å². The second-order valence-electron chi connectivity index (χ2n) is 3.17. The summed E-state index contributed by atoms with van der Waals surface area (Å²) in [6.45, 7) is 0. The van der Waals surface area contributed by atoms with Crippen molar-refractivity contribution in [1.82, 2.24) is 0 Å². The van der Waals surface area contributed by atoms with Gasteiger partial charge in [-0.25, -0.2) is 4.79 Å². The standard InChI is InChI=1S/C12H12O4/c1-16-12(15)8-10-4-2-3-9(7-10)5-6-11(13)14/h2-7H,8H2,1H3,(H,13,14). The first kappa shape index (κ1) is 12.0. The maximum absolute atomic E-state index is 11.0. The van der Waals surface area contributed by atoms with Gasteiger partial charge < -0.3 is 9.84 Å². The highest BCUT2D eigenvalue weighted by atomic mass is 16.5. The average Bonchev–Trinajstić information content (AvgIpc) is 2.26. The quantitative estimate of drug-likeness (QED) is 0.617. The van der Waals surface area contributed by atoms with Crippen LogP contribution in [-0.2, 0) is 20.7 Å².